The van der Waals surface area contributed by atoms with Crippen LogP contribution in [0.1, 0.15) is 38.3 Å². The molecule has 0 aliphatic rings. The van der Waals surface area contributed by atoms with Crippen molar-refractivity contribution in [1.29, 1.82) is 0 Å². The molecule has 28 heavy (non-hydrogen) atoms. The Morgan fingerprint density at radius 3 is 2.57 bits per heavy atom. The average Bonchev–Trinajstić information content (AvgIpc) is 2.62. The fourth-order valence-electron chi connectivity index (χ4n) is 2.66. The summed E-state index contributed by atoms with van der Waals surface area (Å²) in [6.07, 6.45) is 1.73. The molecule has 150 valence electrons. The molecule has 8 heteroatoms. The lowest BCUT2D eigenvalue weighted by molar-refractivity contribution is 0.458. The van der Waals surface area contributed by atoms with E-state index in [0.29, 0.717) is 5.56 Å². The summed E-state index contributed by atoms with van der Waals surface area (Å²) in [6, 6.07) is 6.64. The maximum Gasteiger partial charge on any atom is 0.255 e. The molecule has 1 unspecified atom stereocenters. The third kappa shape index (κ3) is 5.53. The number of pyridine rings is 1. The molecule has 2 rings (SSSR count). The van der Waals surface area contributed by atoms with Gasteiger partial charge in [-0.15, -0.1) is 0 Å². The largest absolute Gasteiger partial charge is 0.318 e. The van der Waals surface area contributed by atoms with Gasteiger partial charge in [0.1, 0.15) is 11.6 Å². The monoisotopic (exact) mass is 534 g/mol. The molecule has 0 radical (unpaired) electrons. The zero-order chi connectivity index (χ0) is 20.9. The van der Waals surface area contributed by atoms with E-state index in [-0.39, 0.29) is 22.3 Å². The Morgan fingerprint density at radius 2 is 1.93 bits per heavy atom. The van der Waals surface area contributed by atoms with Gasteiger partial charge in [-0.05, 0) is 65.3 Å². The summed E-state index contributed by atoms with van der Waals surface area (Å²) in [6.45, 7) is 5.98. The fraction of sp³-hybridized carbons (Fsp3) is 0.350. The first kappa shape index (κ1) is 23.3. The maximum atomic E-state index is 14.9. The summed E-state index contributed by atoms with van der Waals surface area (Å²) in [5, 5.41) is 2.89. The van der Waals surface area contributed by atoms with E-state index >= 15 is 0 Å². The van der Waals surface area contributed by atoms with E-state index < -0.39 is 17.2 Å². The molecule has 1 aromatic carbocycles. The summed E-state index contributed by atoms with van der Waals surface area (Å²) in [5.74, 6) is 1.82. The predicted molar refractivity (Wildman–Crippen MR) is 123 cm³/mol. The number of hydrogen-bond donors (Lipinski definition) is 1. The third-order valence-electron chi connectivity index (χ3n) is 3.97. The molecule has 1 atom stereocenters. The molecule has 0 aliphatic carbocycles. The molecule has 0 saturated carbocycles. The Bertz CT molecular complexity index is 963. The summed E-state index contributed by atoms with van der Waals surface area (Å²) in [7, 11) is 2.92. The van der Waals surface area contributed by atoms with Crippen LogP contribution in [0.3, 0.4) is 0 Å². The lowest BCUT2D eigenvalue weighted by atomic mass is 9.81. The van der Waals surface area contributed by atoms with Crippen LogP contribution in [0.25, 0.3) is 0 Å². The highest BCUT2D eigenvalue weighted by atomic mass is 127. The molecule has 2 aromatic rings. The number of nitrogens with one attached hydrogen (secondary N) is 1. The van der Waals surface area contributed by atoms with E-state index in [0.717, 1.165) is 18.2 Å². The van der Waals surface area contributed by atoms with Gasteiger partial charge >= 0.3 is 0 Å². The normalized spacial score (nSPS) is 13.5. The Hall–Kier alpha value is -1.02. The standard InChI is InChI=1S/C20H21F2IN2OS2/c1-19(2,3)28-24-20(10-6-12-27-23,15-7-5-11-25(4)18(15)26)16-13-14(21)8-9-17(16)22/h5,7-9,11,13,24H,10H2,1-4H3. The van der Waals surface area contributed by atoms with Crippen molar-refractivity contribution in [1.82, 2.24) is 9.29 Å². The van der Waals surface area contributed by atoms with Crippen molar-refractivity contribution in [2.75, 3.05) is 0 Å². The predicted octanol–water partition coefficient (Wildman–Crippen LogP) is 5.38. The van der Waals surface area contributed by atoms with Gasteiger partial charge in [0.05, 0.1) is 5.54 Å². The van der Waals surface area contributed by atoms with Gasteiger partial charge in [-0.3, -0.25) is 4.79 Å². The number of benzene rings is 1. The van der Waals surface area contributed by atoms with Crippen LogP contribution < -0.4 is 10.3 Å². The Balaban J connectivity index is 2.83. The van der Waals surface area contributed by atoms with Crippen molar-refractivity contribution in [2.24, 2.45) is 7.05 Å². The van der Waals surface area contributed by atoms with E-state index in [1.165, 1.54) is 25.4 Å². The topological polar surface area (TPSA) is 34.0 Å². The third-order valence-corrected chi connectivity index (χ3v) is 5.91. The minimum Gasteiger partial charge on any atom is -0.318 e. The smallest absolute Gasteiger partial charge is 0.255 e. The first-order valence-electron chi connectivity index (χ1n) is 8.43. The Kier molecular flexibility index (Phi) is 8.02. The lowest BCUT2D eigenvalue weighted by Gasteiger charge is -2.36. The molecular formula is C20H21F2IN2OS2. The summed E-state index contributed by atoms with van der Waals surface area (Å²) < 4.78 is 33.5. The van der Waals surface area contributed by atoms with Crippen molar-refractivity contribution in [3.8, 4) is 11.2 Å². The highest BCUT2D eigenvalue weighted by molar-refractivity contribution is 14.2. The summed E-state index contributed by atoms with van der Waals surface area (Å²) in [5.41, 5.74) is -1.25. The van der Waals surface area contributed by atoms with Crippen LogP contribution in [0.2, 0.25) is 0 Å². The first-order chi connectivity index (χ1) is 13.1. The molecular weight excluding hydrogens is 513 g/mol. The number of rotatable bonds is 5. The van der Waals surface area contributed by atoms with E-state index in [1.807, 2.05) is 42.0 Å². The van der Waals surface area contributed by atoms with Gasteiger partial charge in [-0.2, -0.15) is 0 Å². The lowest BCUT2D eigenvalue weighted by Crippen LogP contribution is -2.46. The van der Waals surface area contributed by atoms with Crippen LogP contribution in [-0.2, 0) is 12.6 Å². The molecule has 1 N–H and O–H groups in total. The number of halogens is 3. The van der Waals surface area contributed by atoms with E-state index in [2.05, 4.69) is 15.9 Å². The van der Waals surface area contributed by atoms with Crippen molar-refractivity contribution in [2.45, 2.75) is 37.5 Å². The highest BCUT2D eigenvalue weighted by Gasteiger charge is 2.40. The van der Waals surface area contributed by atoms with Crippen LogP contribution in [0.4, 0.5) is 8.78 Å². The SMILES string of the molecule is Cn1cccc(C(CC#CSI)(NSC(C)(C)C)c2cc(F)ccc2F)c1=O. The molecule has 0 aliphatic heterocycles. The van der Waals surface area contributed by atoms with Gasteiger partial charge in [0.2, 0.25) is 0 Å². The fourth-order valence-corrected chi connectivity index (χ4v) is 4.03. The molecule has 1 aromatic heterocycles. The van der Waals surface area contributed by atoms with Crippen LogP contribution in [-0.4, -0.2) is 9.31 Å². The number of hydrogen-bond acceptors (Lipinski definition) is 4. The average molecular weight is 534 g/mol. The minimum atomic E-state index is -1.32. The Morgan fingerprint density at radius 1 is 1.21 bits per heavy atom. The summed E-state index contributed by atoms with van der Waals surface area (Å²) >= 11 is 3.40. The second-order valence-electron chi connectivity index (χ2n) is 7.22. The zero-order valence-electron chi connectivity index (χ0n) is 16.0. The van der Waals surface area contributed by atoms with E-state index in [1.54, 1.807) is 25.4 Å². The van der Waals surface area contributed by atoms with Crippen molar-refractivity contribution in [3.05, 3.63) is 69.6 Å². The second kappa shape index (κ2) is 9.65. The molecule has 3 nitrogen and oxygen atoms in total. The van der Waals surface area contributed by atoms with Crippen LogP contribution in [0.5, 0.6) is 0 Å². The van der Waals surface area contributed by atoms with Gasteiger partial charge in [0, 0.05) is 56.7 Å². The van der Waals surface area contributed by atoms with E-state index in [4.69, 9.17) is 0 Å². The van der Waals surface area contributed by atoms with Gasteiger partial charge in [0.15, 0.2) is 0 Å². The highest BCUT2D eigenvalue weighted by Crippen LogP contribution is 2.37. The molecule has 0 bridgehead atoms. The molecule has 0 fully saturated rings. The van der Waals surface area contributed by atoms with Gasteiger partial charge in [0.25, 0.3) is 5.56 Å². The molecule has 1 heterocycles. The molecule has 0 saturated heterocycles. The maximum absolute atomic E-state index is 14.9. The van der Waals surface area contributed by atoms with Crippen LogP contribution >= 0.6 is 42.1 Å². The van der Waals surface area contributed by atoms with Crippen molar-refractivity contribution in [3.63, 3.8) is 0 Å². The summed E-state index contributed by atoms with van der Waals surface area (Å²) in [4.78, 5) is 13.0. The Labute approximate surface area is 184 Å². The van der Waals surface area contributed by atoms with Gasteiger partial charge in [-0.25, -0.2) is 13.5 Å². The quantitative estimate of drug-likeness (QED) is 0.318. The van der Waals surface area contributed by atoms with E-state index in [9.17, 15) is 13.6 Å². The first-order valence-corrected chi connectivity index (χ1v) is 12.6. The van der Waals surface area contributed by atoms with Crippen LogP contribution in [0, 0.1) is 22.8 Å². The van der Waals surface area contributed by atoms with Crippen LogP contribution in [0.15, 0.2) is 41.3 Å². The van der Waals surface area contributed by atoms with Gasteiger partial charge in [-0.1, -0.05) is 17.9 Å². The van der Waals surface area contributed by atoms with Crippen molar-refractivity contribution >= 4 is 42.1 Å². The van der Waals surface area contributed by atoms with Gasteiger partial charge < -0.3 is 4.57 Å². The second-order valence-corrected chi connectivity index (χ2v) is 10.5. The van der Waals surface area contributed by atoms with Crippen molar-refractivity contribution < 1.29 is 8.78 Å². The molecule has 0 spiro atoms. The molecule has 0 amide bonds. The zero-order valence-corrected chi connectivity index (χ0v) is 19.8. The number of aryl methyl sites for hydroxylation is 1. The minimum absolute atomic E-state index is 0.0558. The number of aromatic nitrogens is 1. The number of nitrogens with zero attached hydrogens (tertiary/aromatic N) is 1.